The van der Waals surface area contributed by atoms with Crippen LogP contribution in [0.3, 0.4) is 0 Å². The van der Waals surface area contributed by atoms with Crippen LogP contribution in [0.5, 0.6) is 0 Å². The van der Waals surface area contributed by atoms with Gasteiger partial charge in [0.1, 0.15) is 0 Å². The summed E-state index contributed by atoms with van der Waals surface area (Å²) in [5.41, 5.74) is 9.60. The number of hydrogen-bond donors (Lipinski definition) is 2. The predicted octanol–water partition coefficient (Wildman–Crippen LogP) is 2.81. The summed E-state index contributed by atoms with van der Waals surface area (Å²) < 4.78 is 0. The summed E-state index contributed by atoms with van der Waals surface area (Å²) in [5.74, 6) is -0.179. The van der Waals surface area contributed by atoms with Crippen LogP contribution < -0.4 is 11.1 Å². The van der Waals surface area contributed by atoms with Gasteiger partial charge in [-0.25, -0.2) is 0 Å². The molecule has 0 bridgehead atoms. The Morgan fingerprint density at radius 1 is 1.05 bits per heavy atom. The van der Waals surface area contributed by atoms with Gasteiger partial charge in [0.05, 0.1) is 6.54 Å². The lowest BCUT2D eigenvalue weighted by atomic mass is 9.97. The summed E-state index contributed by atoms with van der Waals surface area (Å²) in [5, 5.41) is 2.85. The zero-order valence-corrected chi connectivity index (χ0v) is 11.0. The number of nitrogens with one attached hydrogen (secondary N) is 1. The molecule has 0 aromatic heterocycles. The summed E-state index contributed by atoms with van der Waals surface area (Å²) in [4.78, 5) is 11.5. The number of carbonyl (C=O) groups excluding carboxylic acids is 1. The molecule has 19 heavy (non-hydrogen) atoms. The van der Waals surface area contributed by atoms with Crippen LogP contribution in [0.25, 0.3) is 11.1 Å². The van der Waals surface area contributed by atoms with Gasteiger partial charge in [-0.05, 0) is 23.6 Å². The predicted molar refractivity (Wildman–Crippen MR) is 78.9 cm³/mol. The maximum atomic E-state index is 11.5. The molecular weight excluding hydrogens is 236 g/mol. The van der Waals surface area contributed by atoms with Gasteiger partial charge in [-0.15, -0.1) is 0 Å². The maximum absolute atomic E-state index is 11.5. The normalized spacial score (nSPS) is 10.2. The molecule has 0 fully saturated rings. The summed E-state index contributed by atoms with van der Waals surface area (Å²) in [6.45, 7) is 2.11. The van der Waals surface area contributed by atoms with Crippen LogP contribution in [0, 0.1) is 0 Å². The number of amides is 1. The summed E-state index contributed by atoms with van der Waals surface area (Å²) in [6.07, 6.45) is 0.954. The van der Waals surface area contributed by atoms with E-state index in [1.54, 1.807) is 0 Å². The lowest BCUT2D eigenvalue weighted by Gasteiger charge is -2.13. The third-order valence-electron chi connectivity index (χ3n) is 3.07. The lowest BCUT2D eigenvalue weighted by molar-refractivity contribution is -0.114. The maximum Gasteiger partial charge on any atom is 0.238 e. The first-order valence-corrected chi connectivity index (χ1v) is 6.43. The van der Waals surface area contributed by atoms with Gasteiger partial charge in [0.15, 0.2) is 0 Å². The highest BCUT2D eigenvalue weighted by molar-refractivity contribution is 5.96. The average molecular weight is 254 g/mol. The molecule has 2 rings (SSSR count). The molecule has 3 nitrogen and oxygen atoms in total. The van der Waals surface area contributed by atoms with Crippen molar-refractivity contribution in [2.75, 3.05) is 11.9 Å². The fraction of sp³-hybridized carbons (Fsp3) is 0.188. The minimum Gasteiger partial charge on any atom is -0.324 e. The zero-order valence-electron chi connectivity index (χ0n) is 11.0. The molecule has 0 unspecified atom stereocenters. The van der Waals surface area contributed by atoms with E-state index in [9.17, 15) is 4.79 Å². The summed E-state index contributed by atoms with van der Waals surface area (Å²) in [6, 6.07) is 16.0. The molecule has 2 aromatic rings. The van der Waals surface area contributed by atoms with Crippen LogP contribution in [-0.4, -0.2) is 12.5 Å². The van der Waals surface area contributed by atoms with E-state index in [0.717, 1.165) is 23.2 Å². The van der Waals surface area contributed by atoms with Crippen molar-refractivity contribution in [2.45, 2.75) is 13.3 Å². The van der Waals surface area contributed by atoms with Crippen molar-refractivity contribution >= 4 is 11.6 Å². The molecule has 3 heteroatoms. The number of aryl methyl sites for hydroxylation is 1. The Labute approximate surface area is 113 Å². The second kappa shape index (κ2) is 6.16. The molecule has 0 aliphatic rings. The molecule has 0 spiro atoms. The van der Waals surface area contributed by atoms with Gasteiger partial charge in [-0.1, -0.05) is 49.4 Å². The number of benzene rings is 2. The van der Waals surface area contributed by atoms with Crippen molar-refractivity contribution in [3.05, 3.63) is 54.1 Å². The van der Waals surface area contributed by atoms with Crippen LogP contribution in [-0.2, 0) is 11.2 Å². The Morgan fingerprint density at radius 3 is 2.37 bits per heavy atom. The Bertz CT molecular complexity index is 578. The number of hydrogen-bond acceptors (Lipinski definition) is 2. The van der Waals surface area contributed by atoms with Crippen LogP contribution in [0.15, 0.2) is 48.5 Å². The smallest absolute Gasteiger partial charge is 0.238 e. The highest BCUT2D eigenvalue weighted by Gasteiger charge is 2.09. The molecule has 0 atom stereocenters. The molecule has 0 aliphatic carbocycles. The second-order valence-electron chi connectivity index (χ2n) is 4.31. The number of carbonyl (C=O) groups is 1. The fourth-order valence-corrected chi connectivity index (χ4v) is 2.12. The number of nitrogens with two attached hydrogens (primary N) is 1. The van der Waals surface area contributed by atoms with Crippen molar-refractivity contribution in [3.63, 3.8) is 0 Å². The van der Waals surface area contributed by atoms with Crippen molar-refractivity contribution in [1.29, 1.82) is 0 Å². The first kappa shape index (κ1) is 13.3. The second-order valence-corrected chi connectivity index (χ2v) is 4.31. The summed E-state index contributed by atoms with van der Waals surface area (Å²) >= 11 is 0. The zero-order chi connectivity index (χ0) is 13.7. The van der Waals surface area contributed by atoms with Crippen LogP contribution >= 0.6 is 0 Å². The Balaban J connectivity index is 2.47. The van der Waals surface area contributed by atoms with Crippen LogP contribution in [0.2, 0.25) is 0 Å². The van der Waals surface area contributed by atoms with Gasteiger partial charge in [-0.2, -0.15) is 0 Å². The standard InChI is InChI=1S/C16H18N2O/c1-2-12-7-3-4-8-13(12)14-9-5-6-10-15(14)18-16(19)11-17/h3-10H,2,11,17H2,1H3,(H,18,19). The topological polar surface area (TPSA) is 55.1 Å². The third-order valence-corrected chi connectivity index (χ3v) is 3.07. The van der Waals surface area contributed by atoms with E-state index in [1.807, 2.05) is 36.4 Å². The molecule has 0 heterocycles. The van der Waals surface area contributed by atoms with Gasteiger partial charge in [0.2, 0.25) is 5.91 Å². The molecule has 2 aromatic carbocycles. The molecule has 3 N–H and O–H groups in total. The van der Waals surface area contributed by atoms with E-state index < -0.39 is 0 Å². The number of rotatable bonds is 4. The Morgan fingerprint density at radius 2 is 1.68 bits per heavy atom. The molecule has 0 saturated heterocycles. The molecule has 1 amide bonds. The molecular formula is C16H18N2O. The minimum atomic E-state index is -0.179. The van der Waals surface area contributed by atoms with Gasteiger partial charge >= 0.3 is 0 Å². The minimum absolute atomic E-state index is 0.0102. The lowest BCUT2D eigenvalue weighted by Crippen LogP contribution is -2.22. The van der Waals surface area contributed by atoms with E-state index >= 15 is 0 Å². The van der Waals surface area contributed by atoms with Gasteiger partial charge in [-0.3, -0.25) is 4.79 Å². The van der Waals surface area contributed by atoms with Gasteiger partial charge < -0.3 is 11.1 Å². The highest BCUT2D eigenvalue weighted by Crippen LogP contribution is 2.30. The van der Waals surface area contributed by atoms with Crippen molar-refractivity contribution in [1.82, 2.24) is 0 Å². The van der Waals surface area contributed by atoms with E-state index in [1.165, 1.54) is 5.56 Å². The number of para-hydroxylation sites is 1. The highest BCUT2D eigenvalue weighted by atomic mass is 16.1. The third kappa shape index (κ3) is 3.01. The van der Waals surface area contributed by atoms with Crippen molar-refractivity contribution in [3.8, 4) is 11.1 Å². The average Bonchev–Trinajstić information content (AvgIpc) is 2.47. The monoisotopic (exact) mass is 254 g/mol. The van der Waals surface area contributed by atoms with Crippen molar-refractivity contribution in [2.24, 2.45) is 5.73 Å². The van der Waals surface area contributed by atoms with Gasteiger partial charge in [0.25, 0.3) is 0 Å². The van der Waals surface area contributed by atoms with Crippen LogP contribution in [0.4, 0.5) is 5.69 Å². The Kier molecular flexibility index (Phi) is 4.31. The summed E-state index contributed by atoms with van der Waals surface area (Å²) in [7, 11) is 0. The van der Waals surface area contributed by atoms with E-state index in [-0.39, 0.29) is 12.5 Å². The molecule has 98 valence electrons. The van der Waals surface area contributed by atoms with E-state index in [4.69, 9.17) is 5.73 Å². The molecule has 0 radical (unpaired) electrons. The SMILES string of the molecule is CCc1ccccc1-c1ccccc1NC(=O)CN. The first-order chi connectivity index (χ1) is 9.26. The van der Waals surface area contributed by atoms with Crippen LogP contribution in [0.1, 0.15) is 12.5 Å². The fourth-order valence-electron chi connectivity index (χ4n) is 2.12. The molecule has 0 aliphatic heterocycles. The number of anilines is 1. The quantitative estimate of drug-likeness (QED) is 0.881. The first-order valence-electron chi connectivity index (χ1n) is 6.43. The molecule has 0 saturated carbocycles. The largest absolute Gasteiger partial charge is 0.324 e. The van der Waals surface area contributed by atoms with E-state index in [2.05, 4.69) is 24.4 Å². The van der Waals surface area contributed by atoms with Crippen molar-refractivity contribution < 1.29 is 4.79 Å². The van der Waals surface area contributed by atoms with E-state index in [0.29, 0.717) is 0 Å². The van der Waals surface area contributed by atoms with Gasteiger partial charge in [0, 0.05) is 11.3 Å². The Hall–Kier alpha value is -2.13.